The summed E-state index contributed by atoms with van der Waals surface area (Å²) >= 11 is 3.46. The lowest BCUT2D eigenvalue weighted by atomic mass is 10.0. The van der Waals surface area contributed by atoms with Crippen LogP contribution in [0.1, 0.15) is 43.7 Å². The first-order valence-corrected chi connectivity index (χ1v) is 16.7. The number of amides is 2. The van der Waals surface area contributed by atoms with E-state index in [1.807, 2.05) is 54.6 Å². The Morgan fingerprint density at radius 1 is 0.952 bits per heavy atom. The molecule has 2 amide bonds. The van der Waals surface area contributed by atoms with Crippen LogP contribution in [0.25, 0.3) is 0 Å². The van der Waals surface area contributed by atoms with Gasteiger partial charge in [0, 0.05) is 43.0 Å². The molecule has 0 radical (unpaired) electrons. The molecule has 0 bridgehead atoms. The molecule has 3 rings (SSSR count). The Morgan fingerprint density at radius 3 is 2.31 bits per heavy atom. The van der Waals surface area contributed by atoms with Crippen LogP contribution in [0.2, 0.25) is 0 Å². The third-order valence-corrected chi connectivity index (χ3v) is 8.58. The number of sulfonamides is 1. The first kappa shape index (κ1) is 33.1. The van der Waals surface area contributed by atoms with E-state index in [4.69, 9.17) is 4.74 Å². The molecule has 0 heterocycles. The highest BCUT2D eigenvalue weighted by Gasteiger charge is 2.30. The first-order valence-electron chi connectivity index (χ1n) is 14.1. The van der Waals surface area contributed by atoms with Gasteiger partial charge in [-0.3, -0.25) is 13.9 Å². The van der Waals surface area contributed by atoms with E-state index < -0.39 is 16.1 Å². The number of hydrogen-bond donors (Lipinski definition) is 1. The average molecular weight is 659 g/mol. The molecule has 0 spiro atoms. The van der Waals surface area contributed by atoms with E-state index in [0.29, 0.717) is 24.4 Å². The molecule has 8 nitrogen and oxygen atoms in total. The standard InChI is InChI=1S/C32H40BrN3O5S/c1-4-5-20-34-32(38)30(22-25-11-7-6-8-12-25)35(24-26-16-18-27(33)19-17-26)31(37)15-10-21-36(42(3,39)40)28-13-9-14-29(23-28)41-2/h6-9,11-14,16-19,23,30H,4-5,10,15,20-22,24H2,1-3H3,(H,34,38)/t30-/m1/s1. The molecule has 0 unspecified atom stereocenters. The molecular formula is C32H40BrN3O5S. The Labute approximate surface area is 258 Å². The quantitative estimate of drug-likeness (QED) is 0.204. The molecule has 10 heteroatoms. The van der Waals surface area contributed by atoms with E-state index >= 15 is 0 Å². The lowest BCUT2D eigenvalue weighted by Crippen LogP contribution is -2.50. The fourth-order valence-corrected chi connectivity index (χ4v) is 5.84. The highest BCUT2D eigenvalue weighted by molar-refractivity contribution is 9.10. The molecule has 0 aromatic heterocycles. The third-order valence-electron chi connectivity index (χ3n) is 6.86. The summed E-state index contributed by atoms with van der Waals surface area (Å²) in [6.45, 7) is 2.94. The Hall–Kier alpha value is -3.37. The average Bonchev–Trinajstić information content (AvgIpc) is 2.98. The van der Waals surface area contributed by atoms with Crippen molar-refractivity contribution in [3.05, 3.63) is 94.5 Å². The minimum absolute atomic E-state index is 0.0695. The molecule has 1 atom stereocenters. The predicted molar refractivity (Wildman–Crippen MR) is 171 cm³/mol. The number of nitrogens with zero attached hydrogens (tertiary/aromatic N) is 2. The van der Waals surface area contributed by atoms with E-state index in [1.165, 1.54) is 11.4 Å². The van der Waals surface area contributed by atoms with Gasteiger partial charge < -0.3 is 15.0 Å². The number of carbonyl (C=O) groups excluding carboxylic acids is 2. The summed E-state index contributed by atoms with van der Waals surface area (Å²) in [6.07, 6.45) is 3.63. The van der Waals surface area contributed by atoms with E-state index in [1.54, 1.807) is 29.2 Å². The minimum Gasteiger partial charge on any atom is -0.497 e. The molecule has 3 aromatic rings. The maximum atomic E-state index is 13.9. The molecule has 0 aliphatic rings. The molecule has 42 heavy (non-hydrogen) atoms. The molecule has 0 aliphatic carbocycles. The predicted octanol–water partition coefficient (Wildman–Crippen LogP) is 5.56. The van der Waals surface area contributed by atoms with Crippen molar-refractivity contribution in [3.8, 4) is 5.75 Å². The summed E-state index contributed by atoms with van der Waals surface area (Å²) in [5.74, 6) is 0.117. The van der Waals surface area contributed by atoms with Gasteiger partial charge >= 0.3 is 0 Å². The van der Waals surface area contributed by atoms with Crippen molar-refractivity contribution in [2.75, 3.05) is 30.8 Å². The van der Waals surface area contributed by atoms with Gasteiger partial charge in [0.25, 0.3) is 0 Å². The molecule has 0 saturated carbocycles. The van der Waals surface area contributed by atoms with Crippen LogP contribution in [0.15, 0.2) is 83.3 Å². The lowest BCUT2D eigenvalue weighted by Gasteiger charge is -2.32. The van der Waals surface area contributed by atoms with Gasteiger partial charge in [0.15, 0.2) is 0 Å². The summed E-state index contributed by atoms with van der Waals surface area (Å²) in [6, 6.07) is 23.4. The summed E-state index contributed by atoms with van der Waals surface area (Å²) in [7, 11) is -2.09. The summed E-state index contributed by atoms with van der Waals surface area (Å²) in [5, 5.41) is 3.02. The first-order chi connectivity index (χ1) is 20.1. The molecule has 0 saturated heterocycles. The Kier molecular flexibility index (Phi) is 12.9. The van der Waals surface area contributed by atoms with Crippen molar-refractivity contribution in [1.29, 1.82) is 0 Å². The number of hydrogen-bond acceptors (Lipinski definition) is 5. The normalized spacial score (nSPS) is 11.9. The van der Waals surface area contributed by atoms with E-state index in [-0.39, 0.29) is 37.7 Å². The number of anilines is 1. The number of unbranched alkanes of at least 4 members (excludes halogenated alkanes) is 1. The third kappa shape index (κ3) is 10.2. The monoisotopic (exact) mass is 657 g/mol. The van der Waals surface area contributed by atoms with Crippen LogP contribution in [-0.2, 0) is 32.6 Å². The van der Waals surface area contributed by atoms with Crippen LogP contribution in [0.4, 0.5) is 5.69 Å². The van der Waals surface area contributed by atoms with Gasteiger partial charge in [-0.1, -0.05) is 77.8 Å². The highest BCUT2D eigenvalue weighted by Crippen LogP contribution is 2.24. The van der Waals surface area contributed by atoms with E-state index in [9.17, 15) is 18.0 Å². The summed E-state index contributed by atoms with van der Waals surface area (Å²) in [4.78, 5) is 29.1. The van der Waals surface area contributed by atoms with Crippen molar-refractivity contribution in [2.24, 2.45) is 0 Å². The van der Waals surface area contributed by atoms with Crippen molar-refractivity contribution in [2.45, 2.75) is 51.6 Å². The summed E-state index contributed by atoms with van der Waals surface area (Å²) in [5.41, 5.74) is 2.30. The number of benzene rings is 3. The molecule has 0 aliphatic heterocycles. The molecule has 226 valence electrons. The van der Waals surface area contributed by atoms with Crippen molar-refractivity contribution in [3.63, 3.8) is 0 Å². The lowest BCUT2D eigenvalue weighted by molar-refractivity contribution is -0.141. The second kappa shape index (κ2) is 16.3. The summed E-state index contributed by atoms with van der Waals surface area (Å²) < 4.78 is 32.8. The van der Waals surface area contributed by atoms with Crippen LogP contribution in [0.3, 0.4) is 0 Å². The van der Waals surface area contributed by atoms with Crippen molar-refractivity contribution < 1.29 is 22.7 Å². The van der Waals surface area contributed by atoms with Gasteiger partial charge in [-0.05, 0) is 48.2 Å². The Balaban J connectivity index is 1.86. The fourth-order valence-electron chi connectivity index (χ4n) is 4.62. The maximum Gasteiger partial charge on any atom is 0.243 e. The number of carbonyl (C=O) groups is 2. The van der Waals surface area contributed by atoms with Gasteiger partial charge in [-0.2, -0.15) is 0 Å². The van der Waals surface area contributed by atoms with Crippen LogP contribution >= 0.6 is 15.9 Å². The Bertz CT molecular complexity index is 1400. The van der Waals surface area contributed by atoms with E-state index in [0.717, 1.165) is 34.7 Å². The zero-order chi connectivity index (χ0) is 30.5. The number of ether oxygens (including phenoxy) is 1. The topological polar surface area (TPSA) is 96.0 Å². The Morgan fingerprint density at radius 2 is 1.67 bits per heavy atom. The van der Waals surface area contributed by atoms with Crippen molar-refractivity contribution >= 4 is 43.5 Å². The number of rotatable bonds is 16. The van der Waals surface area contributed by atoms with Crippen LogP contribution in [0, 0.1) is 0 Å². The minimum atomic E-state index is -3.61. The van der Waals surface area contributed by atoms with Gasteiger partial charge in [0.1, 0.15) is 11.8 Å². The maximum absolute atomic E-state index is 13.9. The zero-order valence-electron chi connectivity index (χ0n) is 24.5. The van der Waals surface area contributed by atoms with Crippen molar-refractivity contribution in [1.82, 2.24) is 10.2 Å². The molecular weight excluding hydrogens is 618 g/mol. The van der Waals surface area contributed by atoms with Gasteiger partial charge in [-0.15, -0.1) is 0 Å². The zero-order valence-corrected chi connectivity index (χ0v) is 26.9. The van der Waals surface area contributed by atoms with Crippen LogP contribution < -0.4 is 14.4 Å². The fraction of sp³-hybridized carbons (Fsp3) is 0.375. The second-order valence-corrected chi connectivity index (χ2v) is 13.0. The van der Waals surface area contributed by atoms with Gasteiger partial charge in [0.05, 0.1) is 19.1 Å². The number of nitrogens with one attached hydrogen (secondary N) is 1. The molecule has 0 fully saturated rings. The second-order valence-electron chi connectivity index (χ2n) is 10.1. The number of methoxy groups -OCH3 is 1. The van der Waals surface area contributed by atoms with Gasteiger partial charge in [-0.25, -0.2) is 8.42 Å². The van der Waals surface area contributed by atoms with Crippen LogP contribution in [0.5, 0.6) is 5.75 Å². The SMILES string of the molecule is CCCCNC(=O)[C@@H](Cc1ccccc1)N(Cc1ccc(Br)cc1)C(=O)CCCN(c1cccc(OC)c1)S(C)(=O)=O. The highest BCUT2D eigenvalue weighted by atomic mass is 79.9. The van der Waals surface area contributed by atoms with Crippen LogP contribution in [-0.4, -0.2) is 57.6 Å². The number of halogens is 1. The molecule has 3 aromatic carbocycles. The van der Waals surface area contributed by atoms with E-state index in [2.05, 4.69) is 28.2 Å². The van der Waals surface area contributed by atoms with Gasteiger partial charge in [0.2, 0.25) is 21.8 Å². The largest absolute Gasteiger partial charge is 0.497 e. The smallest absolute Gasteiger partial charge is 0.243 e. The molecule has 1 N–H and O–H groups in total.